The van der Waals surface area contributed by atoms with Crippen molar-refractivity contribution in [3.8, 4) is 0 Å². The zero-order chi connectivity index (χ0) is 22.8. The lowest BCUT2D eigenvalue weighted by molar-refractivity contribution is 0.0725. The minimum absolute atomic E-state index is 0.0541. The van der Waals surface area contributed by atoms with E-state index >= 15 is 0 Å². The van der Waals surface area contributed by atoms with Crippen LogP contribution in [0.1, 0.15) is 56.0 Å². The lowest BCUT2D eigenvalue weighted by atomic mass is 9.87. The molecule has 0 atom stereocenters. The molecule has 3 rings (SSSR count). The highest BCUT2D eigenvalue weighted by Gasteiger charge is 2.23. The summed E-state index contributed by atoms with van der Waals surface area (Å²) in [5.74, 6) is -0.0565. The Balaban J connectivity index is 1.89. The first-order valence-electron chi connectivity index (χ1n) is 10.7. The number of carbonyl (C=O) groups excluding carboxylic acids is 1. The van der Waals surface area contributed by atoms with Gasteiger partial charge >= 0.3 is 0 Å². The van der Waals surface area contributed by atoms with Crippen LogP contribution in [-0.4, -0.2) is 46.4 Å². The predicted molar refractivity (Wildman–Crippen MR) is 126 cm³/mol. The molecule has 2 aromatic rings. The second kappa shape index (κ2) is 8.91. The molecule has 1 N–H and O–H groups in total. The Labute approximate surface area is 186 Å². The highest BCUT2D eigenvalue weighted by Crippen LogP contribution is 2.28. The van der Waals surface area contributed by atoms with Gasteiger partial charge in [0.15, 0.2) is 0 Å². The van der Waals surface area contributed by atoms with Crippen molar-refractivity contribution in [3.63, 3.8) is 0 Å². The molecule has 2 aromatic carbocycles. The number of sulfonamides is 1. The first kappa shape index (κ1) is 23.1. The smallest absolute Gasteiger partial charge is 0.261 e. The van der Waals surface area contributed by atoms with E-state index in [-0.39, 0.29) is 16.2 Å². The maximum atomic E-state index is 13.2. The van der Waals surface area contributed by atoms with Crippen molar-refractivity contribution < 1.29 is 13.2 Å². The molecule has 0 saturated carbocycles. The average molecular weight is 444 g/mol. The molecule has 1 amide bonds. The maximum Gasteiger partial charge on any atom is 0.261 e. The third kappa shape index (κ3) is 5.39. The molecule has 168 valence electrons. The van der Waals surface area contributed by atoms with Gasteiger partial charge in [0, 0.05) is 38.6 Å². The summed E-state index contributed by atoms with van der Waals surface area (Å²) in [7, 11) is -0.00869. The van der Waals surface area contributed by atoms with Crippen LogP contribution in [0.5, 0.6) is 0 Å². The molecule has 0 aliphatic carbocycles. The highest BCUT2D eigenvalue weighted by molar-refractivity contribution is 7.92. The largest absolute Gasteiger partial charge is 0.377 e. The monoisotopic (exact) mass is 443 g/mol. The normalized spacial score (nSPS) is 14.9. The summed E-state index contributed by atoms with van der Waals surface area (Å²) in [5.41, 5.74) is 2.67. The molecule has 0 aromatic heterocycles. The van der Waals surface area contributed by atoms with Gasteiger partial charge in [-0.25, -0.2) is 8.42 Å². The van der Waals surface area contributed by atoms with E-state index in [9.17, 15) is 13.2 Å². The molecular formula is C24H33N3O3S. The van der Waals surface area contributed by atoms with Gasteiger partial charge < -0.3 is 9.80 Å². The van der Waals surface area contributed by atoms with Crippen LogP contribution in [0.4, 0.5) is 11.4 Å². The van der Waals surface area contributed by atoms with Crippen LogP contribution >= 0.6 is 0 Å². The molecule has 0 bridgehead atoms. The number of nitrogens with one attached hydrogen (secondary N) is 1. The summed E-state index contributed by atoms with van der Waals surface area (Å²) in [5, 5.41) is 0. The zero-order valence-corrected chi connectivity index (χ0v) is 19.9. The minimum Gasteiger partial charge on any atom is -0.377 e. The summed E-state index contributed by atoms with van der Waals surface area (Å²) >= 11 is 0. The van der Waals surface area contributed by atoms with E-state index in [1.54, 1.807) is 30.3 Å². The van der Waals surface area contributed by atoms with E-state index in [1.807, 2.05) is 36.0 Å². The molecule has 0 spiro atoms. The Morgan fingerprint density at radius 3 is 2.13 bits per heavy atom. The third-order valence-electron chi connectivity index (χ3n) is 5.63. The van der Waals surface area contributed by atoms with E-state index in [2.05, 4.69) is 25.5 Å². The summed E-state index contributed by atoms with van der Waals surface area (Å²) in [6.07, 6.45) is 3.14. The van der Waals surface area contributed by atoms with E-state index in [1.165, 1.54) is 0 Å². The van der Waals surface area contributed by atoms with Crippen LogP contribution in [-0.2, 0) is 15.4 Å². The fourth-order valence-corrected chi connectivity index (χ4v) is 4.83. The van der Waals surface area contributed by atoms with Gasteiger partial charge in [0.05, 0.1) is 10.5 Å². The van der Waals surface area contributed by atoms with Crippen molar-refractivity contribution in [3.05, 3.63) is 53.6 Å². The Morgan fingerprint density at radius 1 is 0.968 bits per heavy atom. The lowest BCUT2D eigenvalue weighted by Gasteiger charge is -2.28. The van der Waals surface area contributed by atoms with Gasteiger partial charge in [0.2, 0.25) is 0 Å². The Hall–Kier alpha value is -2.54. The van der Waals surface area contributed by atoms with Gasteiger partial charge in [0.1, 0.15) is 0 Å². The molecule has 1 fully saturated rings. The second-order valence-electron chi connectivity index (χ2n) is 9.36. The Morgan fingerprint density at radius 2 is 1.58 bits per heavy atom. The number of amides is 1. The number of carbonyl (C=O) groups is 1. The fraction of sp³-hybridized carbons (Fsp3) is 0.458. The van der Waals surface area contributed by atoms with Crippen LogP contribution in [0.25, 0.3) is 0 Å². The molecule has 1 aliphatic rings. The van der Waals surface area contributed by atoms with Crippen molar-refractivity contribution >= 4 is 27.3 Å². The van der Waals surface area contributed by atoms with E-state index in [0.29, 0.717) is 11.3 Å². The molecule has 6 nitrogen and oxygen atoms in total. The molecule has 1 heterocycles. The number of hydrogen-bond acceptors (Lipinski definition) is 4. The molecule has 31 heavy (non-hydrogen) atoms. The number of nitrogens with zero attached hydrogens (tertiary/aromatic N) is 2. The number of rotatable bonds is 5. The minimum atomic E-state index is -3.76. The van der Waals surface area contributed by atoms with Gasteiger partial charge in [-0.3, -0.25) is 9.52 Å². The molecule has 1 aliphatic heterocycles. The van der Waals surface area contributed by atoms with Crippen molar-refractivity contribution in [2.75, 3.05) is 36.8 Å². The second-order valence-corrected chi connectivity index (χ2v) is 11.0. The standard InChI is InChI=1S/C24H33N3O3S/c1-24(2,3)18-9-12-20(13-10-18)31(29,30)25-19-11-14-22(26(4)5)21(17-19)23(28)27-15-7-6-8-16-27/h9-14,17,25H,6-8,15-16H2,1-5H3. The van der Waals surface area contributed by atoms with Crippen molar-refractivity contribution in [2.45, 2.75) is 50.3 Å². The maximum absolute atomic E-state index is 13.2. The van der Waals surface area contributed by atoms with Gasteiger partial charge in [-0.1, -0.05) is 32.9 Å². The summed E-state index contributed by atoms with van der Waals surface area (Å²) in [4.78, 5) is 17.1. The first-order chi connectivity index (χ1) is 14.5. The summed E-state index contributed by atoms with van der Waals surface area (Å²) in [6, 6.07) is 12.1. The average Bonchev–Trinajstić information content (AvgIpc) is 2.73. The van der Waals surface area contributed by atoms with Gasteiger partial charge in [-0.2, -0.15) is 0 Å². The first-order valence-corrected chi connectivity index (χ1v) is 12.2. The quantitative estimate of drug-likeness (QED) is 0.740. The van der Waals surface area contributed by atoms with Crippen LogP contribution in [0, 0.1) is 0 Å². The number of benzene rings is 2. The van der Waals surface area contributed by atoms with Crippen LogP contribution in [0.2, 0.25) is 0 Å². The van der Waals surface area contributed by atoms with Gasteiger partial charge in [0.25, 0.3) is 15.9 Å². The van der Waals surface area contributed by atoms with Crippen LogP contribution < -0.4 is 9.62 Å². The lowest BCUT2D eigenvalue weighted by Crippen LogP contribution is -2.36. The molecular weight excluding hydrogens is 410 g/mol. The van der Waals surface area contributed by atoms with E-state index in [0.717, 1.165) is 43.6 Å². The fourth-order valence-electron chi connectivity index (χ4n) is 3.78. The van der Waals surface area contributed by atoms with E-state index in [4.69, 9.17) is 0 Å². The van der Waals surface area contributed by atoms with Crippen LogP contribution in [0.15, 0.2) is 47.4 Å². The molecule has 7 heteroatoms. The molecule has 0 unspecified atom stereocenters. The number of hydrogen-bond donors (Lipinski definition) is 1. The summed E-state index contributed by atoms with van der Waals surface area (Å²) < 4.78 is 28.5. The number of anilines is 2. The van der Waals surface area contributed by atoms with Crippen molar-refractivity contribution in [2.24, 2.45) is 0 Å². The van der Waals surface area contributed by atoms with Gasteiger partial charge in [-0.15, -0.1) is 0 Å². The van der Waals surface area contributed by atoms with Crippen molar-refractivity contribution in [1.82, 2.24) is 4.90 Å². The van der Waals surface area contributed by atoms with Crippen molar-refractivity contribution in [1.29, 1.82) is 0 Å². The zero-order valence-electron chi connectivity index (χ0n) is 19.1. The topological polar surface area (TPSA) is 69.7 Å². The Bertz CT molecular complexity index is 1030. The third-order valence-corrected chi connectivity index (χ3v) is 7.03. The Kier molecular flexibility index (Phi) is 6.65. The molecule has 1 saturated heterocycles. The van der Waals surface area contributed by atoms with Gasteiger partial charge in [-0.05, 0) is 60.6 Å². The SMILES string of the molecule is CN(C)c1ccc(NS(=O)(=O)c2ccc(C(C)(C)C)cc2)cc1C(=O)N1CCCCC1. The highest BCUT2D eigenvalue weighted by atomic mass is 32.2. The van der Waals surface area contributed by atoms with E-state index < -0.39 is 10.0 Å². The number of likely N-dealkylation sites (tertiary alicyclic amines) is 1. The van der Waals surface area contributed by atoms with Crippen LogP contribution in [0.3, 0.4) is 0 Å². The summed E-state index contributed by atoms with van der Waals surface area (Å²) in [6.45, 7) is 7.73. The predicted octanol–water partition coefficient (Wildman–Crippen LogP) is 4.48. The number of piperidine rings is 1. The molecule has 0 radical (unpaired) electrons.